The molecule has 1 aliphatic rings. The number of rotatable bonds is 7. The number of furan rings is 1. The summed E-state index contributed by atoms with van der Waals surface area (Å²) in [5.41, 5.74) is 0.354. The van der Waals surface area contributed by atoms with Gasteiger partial charge in [0, 0.05) is 27.2 Å². The summed E-state index contributed by atoms with van der Waals surface area (Å²) < 4.78 is 47.9. The highest BCUT2D eigenvalue weighted by Crippen LogP contribution is 2.38. The Bertz CT molecular complexity index is 1360. The van der Waals surface area contributed by atoms with Gasteiger partial charge in [-0.2, -0.15) is 0 Å². The van der Waals surface area contributed by atoms with E-state index in [-0.39, 0.29) is 31.3 Å². The van der Waals surface area contributed by atoms with Crippen LogP contribution in [-0.2, 0) is 10.0 Å². The zero-order valence-electron chi connectivity index (χ0n) is 21.2. The van der Waals surface area contributed by atoms with Crippen molar-refractivity contribution in [2.24, 2.45) is 0 Å². The minimum Gasteiger partial charge on any atom is -0.494 e. The van der Waals surface area contributed by atoms with Crippen molar-refractivity contribution in [3.63, 3.8) is 0 Å². The molecule has 2 atom stereocenters. The van der Waals surface area contributed by atoms with Crippen LogP contribution in [0.25, 0.3) is 17.3 Å². The predicted molar refractivity (Wildman–Crippen MR) is 135 cm³/mol. The molecule has 0 spiro atoms. The number of urea groups is 1. The third-order valence-electron chi connectivity index (χ3n) is 5.96. The Morgan fingerprint density at radius 1 is 1.14 bits per heavy atom. The fourth-order valence-electron chi connectivity index (χ4n) is 4.23. The number of aromatic nitrogens is 3. The minimum absolute atomic E-state index is 0.0413. The number of amides is 2. The van der Waals surface area contributed by atoms with Crippen molar-refractivity contribution in [1.82, 2.24) is 24.6 Å². The van der Waals surface area contributed by atoms with Gasteiger partial charge in [0.05, 0.1) is 20.3 Å². The van der Waals surface area contributed by atoms with Crippen LogP contribution in [0, 0.1) is 6.92 Å². The third kappa shape index (κ3) is 5.20. The molecule has 1 saturated heterocycles. The quantitative estimate of drug-likeness (QED) is 0.461. The van der Waals surface area contributed by atoms with Crippen LogP contribution in [0.5, 0.6) is 11.5 Å². The van der Waals surface area contributed by atoms with Crippen molar-refractivity contribution >= 4 is 22.0 Å². The molecular weight excluding hydrogens is 504 g/mol. The molecule has 14 heteroatoms. The number of β-amino-alcohol motifs (C(OH)–C–C–N with tert-alkyl or cyclic N) is 1. The second kappa shape index (κ2) is 10.3. The van der Waals surface area contributed by atoms with Crippen LogP contribution in [0.2, 0.25) is 0 Å². The molecular formula is C23H30N6O7S. The van der Waals surface area contributed by atoms with Gasteiger partial charge in [-0.1, -0.05) is 6.07 Å². The van der Waals surface area contributed by atoms with Crippen LogP contribution in [0.4, 0.5) is 10.7 Å². The molecule has 3 heterocycles. The lowest BCUT2D eigenvalue weighted by molar-refractivity contribution is 0.0777. The number of sulfonamides is 1. The van der Waals surface area contributed by atoms with Gasteiger partial charge in [0.15, 0.2) is 5.76 Å². The largest absolute Gasteiger partial charge is 0.494 e. The molecule has 2 amide bonds. The van der Waals surface area contributed by atoms with E-state index < -0.39 is 27.4 Å². The zero-order chi connectivity index (χ0) is 26.9. The number of carbonyl (C=O) groups is 1. The number of hydrogen-bond donors (Lipinski definition) is 2. The van der Waals surface area contributed by atoms with Gasteiger partial charge < -0.3 is 28.8 Å². The molecule has 0 aliphatic carbocycles. The van der Waals surface area contributed by atoms with Crippen molar-refractivity contribution in [1.29, 1.82) is 0 Å². The number of nitrogens with zero attached hydrogens (tertiary/aromatic N) is 5. The number of para-hydroxylation sites is 1. The van der Waals surface area contributed by atoms with Crippen LogP contribution >= 0.6 is 0 Å². The van der Waals surface area contributed by atoms with Crippen molar-refractivity contribution in [2.45, 2.75) is 24.7 Å². The molecule has 0 saturated carbocycles. The van der Waals surface area contributed by atoms with Gasteiger partial charge >= 0.3 is 6.03 Å². The number of hydrogen-bond acceptors (Lipinski definition) is 9. The number of aryl methyl sites for hydroxylation is 1. The first-order chi connectivity index (χ1) is 17.6. The molecule has 200 valence electrons. The number of benzene rings is 1. The summed E-state index contributed by atoms with van der Waals surface area (Å²) in [4.78, 5) is 15.1. The number of anilines is 1. The standard InChI is InChI=1S/C23H30N6O7S/c1-14-9-10-19(36-14)21-24-25-22(29(21)20-17(34-4)7-6-8-18(20)35-5)26-37(32,33)16-11-15(30)12-28(13-16)23(31)27(2)3/h6-10,15-16,30H,11-13H2,1-5H3,(H,25,26)/t15-,16+/m1/s1. The van der Waals surface area contributed by atoms with Gasteiger partial charge in [-0.25, -0.2) is 13.2 Å². The van der Waals surface area contributed by atoms with E-state index in [1.165, 1.54) is 28.6 Å². The van der Waals surface area contributed by atoms with Crippen LogP contribution in [-0.4, -0.2) is 96.9 Å². The monoisotopic (exact) mass is 534 g/mol. The summed E-state index contributed by atoms with van der Waals surface area (Å²) in [6.07, 6.45) is -1.06. The highest BCUT2D eigenvalue weighted by molar-refractivity contribution is 7.93. The predicted octanol–water partition coefficient (Wildman–Crippen LogP) is 1.71. The second-order valence-electron chi connectivity index (χ2n) is 8.84. The topological polar surface area (TPSA) is 152 Å². The molecule has 0 bridgehead atoms. The Morgan fingerprint density at radius 3 is 2.38 bits per heavy atom. The van der Waals surface area contributed by atoms with Crippen molar-refractivity contribution in [2.75, 3.05) is 46.1 Å². The summed E-state index contributed by atoms with van der Waals surface area (Å²) in [5.74, 6) is 1.79. The van der Waals surface area contributed by atoms with E-state index in [0.29, 0.717) is 28.7 Å². The average molecular weight is 535 g/mol. The van der Waals surface area contributed by atoms with Gasteiger partial charge in [0.2, 0.25) is 21.8 Å². The highest BCUT2D eigenvalue weighted by Gasteiger charge is 2.38. The number of ether oxygens (including phenoxy) is 2. The van der Waals surface area contributed by atoms with Gasteiger partial charge in [-0.05, 0) is 37.6 Å². The normalized spacial score (nSPS) is 17.9. The fraction of sp³-hybridized carbons (Fsp3) is 0.435. The van der Waals surface area contributed by atoms with E-state index in [1.807, 2.05) is 0 Å². The van der Waals surface area contributed by atoms with Crippen LogP contribution in [0.15, 0.2) is 34.7 Å². The summed E-state index contributed by atoms with van der Waals surface area (Å²) >= 11 is 0. The van der Waals surface area contributed by atoms with E-state index in [1.54, 1.807) is 51.4 Å². The molecule has 2 N–H and O–H groups in total. The van der Waals surface area contributed by atoms with Crippen LogP contribution < -0.4 is 14.2 Å². The maximum Gasteiger partial charge on any atom is 0.319 e. The Labute approximate surface area is 214 Å². The lowest BCUT2D eigenvalue weighted by Gasteiger charge is -2.36. The average Bonchev–Trinajstić information content (AvgIpc) is 3.47. The number of nitrogens with one attached hydrogen (secondary N) is 1. The molecule has 0 unspecified atom stereocenters. The molecule has 0 radical (unpaired) electrons. The fourth-order valence-corrected chi connectivity index (χ4v) is 5.64. The van der Waals surface area contributed by atoms with E-state index in [2.05, 4.69) is 14.9 Å². The zero-order valence-corrected chi connectivity index (χ0v) is 22.0. The number of likely N-dealkylation sites (tertiary alicyclic amines) is 1. The summed E-state index contributed by atoms with van der Waals surface area (Å²) in [6, 6.07) is 8.16. The second-order valence-corrected chi connectivity index (χ2v) is 10.8. The summed E-state index contributed by atoms with van der Waals surface area (Å²) in [5, 5.41) is 17.6. The van der Waals surface area contributed by atoms with E-state index in [4.69, 9.17) is 13.9 Å². The number of aliphatic hydroxyl groups excluding tert-OH is 1. The molecule has 13 nitrogen and oxygen atoms in total. The molecule has 37 heavy (non-hydrogen) atoms. The first-order valence-corrected chi connectivity index (χ1v) is 13.0. The summed E-state index contributed by atoms with van der Waals surface area (Å²) in [6.45, 7) is 1.71. The van der Waals surface area contributed by atoms with Gasteiger partial charge in [-0.15, -0.1) is 10.2 Å². The smallest absolute Gasteiger partial charge is 0.319 e. The number of piperidine rings is 1. The highest BCUT2D eigenvalue weighted by atomic mass is 32.2. The van der Waals surface area contributed by atoms with Crippen molar-refractivity contribution < 1.29 is 32.2 Å². The molecule has 4 rings (SSSR count). The molecule has 3 aromatic rings. The van der Waals surface area contributed by atoms with Crippen molar-refractivity contribution in [3.05, 3.63) is 36.1 Å². The van der Waals surface area contributed by atoms with E-state index in [9.17, 15) is 18.3 Å². The number of methoxy groups -OCH3 is 2. The van der Waals surface area contributed by atoms with Crippen molar-refractivity contribution in [3.8, 4) is 28.8 Å². The third-order valence-corrected chi connectivity index (χ3v) is 7.65. The molecule has 1 aliphatic heterocycles. The summed E-state index contributed by atoms with van der Waals surface area (Å²) in [7, 11) is 1.92. The van der Waals surface area contributed by atoms with Gasteiger partial charge in [0.1, 0.15) is 28.2 Å². The maximum absolute atomic E-state index is 13.5. The Morgan fingerprint density at radius 2 is 1.81 bits per heavy atom. The number of carbonyl (C=O) groups excluding carboxylic acids is 1. The van der Waals surface area contributed by atoms with Gasteiger partial charge in [-0.3, -0.25) is 9.29 Å². The van der Waals surface area contributed by atoms with E-state index in [0.717, 1.165) is 0 Å². The number of aliphatic hydroxyl groups is 1. The minimum atomic E-state index is -4.15. The SMILES string of the molecule is COc1cccc(OC)c1-n1c(NS(=O)(=O)[C@H]2C[C@@H](O)CN(C(=O)N(C)C)C2)nnc1-c1ccc(C)o1. The lowest BCUT2D eigenvalue weighted by Crippen LogP contribution is -2.54. The Kier molecular flexibility index (Phi) is 7.32. The first kappa shape index (κ1) is 26.3. The maximum atomic E-state index is 13.5. The lowest BCUT2D eigenvalue weighted by atomic mass is 10.1. The van der Waals surface area contributed by atoms with Gasteiger partial charge in [0.25, 0.3) is 0 Å². The molecule has 1 aromatic carbocycles. The molecule has 2 aromatic heterocycles. The van der Waals surface area contributed by atoms with E-state index >= 15 is 0 Å². The Balaban J connectivity index is 1.79. The molecule has 1 fully saturated rings. The van der Waals surface area contributed by atoms with Crippen LogP contribution in [0.3, 0.4) is 0 Å². The first-order valence-electron chi connectivity index (χ1n) is 11.4. The van der Waals surface area contributed by atoms with Crippen LogP contribution in [0.1, 0.15) is 12.2 Å². The Hall–Kier alpha value is -3.78.